The van der Waals surface area contributed by atoms with Crippen LogP contribution in [0.2, 0.25) is 0 Å². The molecule has 3 aromatic heterocycles. The number of thiophene rings is 1. The van der Waals surface area contributed by atoms with Crippen LogP contribution >= 0.6 is 11.3 Å². The van der Waals surface area contributed by atoms with Crippen molar-refractivity contribution in [2.24, 2.45) is 0 Å². The van der Waals surface area contributed by atoms with Gasteiger partial charge < -0.3 is 14.4 Å². The van der Waals surface area contributed by atoms with E-state index in [1.807, 2.05) is 58.6 Å². The zero-order chi connectivity index (χ0) is 17.8. The second-order valence-electron chi connectivity index (χ2n) is 5.77. The average Bonchev–Trinajstić information content (AvgIpc) is 3.41. The van der Waals surface area contributed by atoms with E-state index in [0.717, 1.165) is 17.0 Å². The largest absolute Gasteiger partial charge is 0.355 e. The van der Waals surface area contributed by atoms with Crippen molar-refractivity contribution in [2.45, 2.75) is 13.1 Å². The number of benzene rings is 1. The Bertz CT molecular complexity index is 973. The first-order valence-corrected chi connectivity index (χ1v) is 8.98. The molecule has 1 aromatic carbocycles. The van der Waals surface area contributed by atoms with E-state index in [0.29, 0.717) is 23.6 Å². The predicted octanol–water partition coefficient (Wildman–Crippen LogP) is 3.58. The summed E-state index contributed by atoms with van der Waals surface area (Å²) in [5.74, 6) is 0.577. The summed E-state index contributed by atoms with van der Waals surface area (Å²) in [5, 5.41) is 8.85. The second kappa shape index (κ2) is 7.37. The lowest BCUT2D eigenvalue weighted by molar-refractivity contribution is 0.0950. The van der Waals surface area contributed by atoms with Gasteiger partial charge in [-0.15, -0.1) is 11.3 Å². The maximum absolute atomic E-state index is 12.3. The number of carbonyl (C=O) groups is 1. The molecule has 0 bridgehead atoms. The standard InChI is InChI=1S/C19H16N4O2S/c24-19(15-5-3-14(4-6-15)12-23-8-7-20-13-23)21-11-16-10-17(25-22-16)18-2-1-9-26-18/h1-10,13H,11-12H2,(H,21,24). The maximum Gasteiger partial charge on any atom is 0.251 e. The average molecular weight is 364 g/mol. The number of hydrogen-bond donors (Lipinski definition) is 1. The first kappa shape index (κ1) is 16.3. The topological polar surface area (TPSA) is 73.0 Å². The smallest absolute Gasteiger partial charge is 0.251 e. The van der Waals surface area contributed by atoms with Crippen molar-refractivity contribution in [2.75, 3.05) is 0 Å². The van der Waals surface area contributed by atoms with Gasteiger partial charge in [-0.05, 0) is 29.1 Å². The lowest BCUT2D eigenvalue weighted by Crippen LogP contribution is -2.22. The van der Waals surface area contributed by atoms with Crippen molar-refractivity contribution in [3.05, 3.63) is 83.4 Å². The van der Waals surface area contributed by atoms with E-state index in [9.17, 15) is 4.79 Å². The van der Waals surface area contributed by atoms with Crippen molar-refractivity contribution < 1.29 is 9.32 Å². The third kappa shape index (κ3) is 3.73. The molecule has 26 heavy (non-hydrogen) atoms. The molecular weight excluding hydrogens is 348 g/mol. The molecular formula is C19H16N4O2S. The summed E-state index contributed by atoms with van der Waals surface area (Å²) in [6, 6.07) is 13.3. The van der Waals surface area contributed by atoms with Gasteiger partial charge in [-0.25, -0.2) is 4.98 Å². The van der Waals surface area contributed by atoms with Crippen LogP contribution in [0.25, 0.3) is 10.6 Å². The fourth-order valence-electron chi connectivity index (χ4n) is 2.56. The van der Waals surface area contributed by atoms with E-state index in [1.165, 1.54) is 0 Å². The normalized spacial score (nSPS) is 10.8. The molecule has 1 N–H and O–H groups in total. The van der Waals surface area contributed by atoms with Gasteiger partial charge in [-0.1, -0.05) is 23.4 Å². The molecule has 6 nitrogen and oxygen atoms in total. The van der Waals surface area contributed by atoms with Gasteiger partial charge in [0.1, 0.15) is 5.69 Å². The molecule has 0 atom stereocenters. The maximum atomic E-state index is 12.3. The minimum absolute atomic E-state index is 0.139. The van der Waals surface area contributed by atoms with Crippen molar-refractivity contribution in [1.29, 1.82) is 0 Å². The lowest BCUT2D eigenvalue weighted by atomic mass is 10.1. The Hall–Kier alpha value is -3.19. The van der Waals surface area contributed by atoms with Crippen molar-refractivity contribution in [3.63, 3.8) is 0 Å². The summed E-state index contributed by atoms with van der Waals surface area (Å²) in [5.41, 5.74) is 2.41. The summed E-state index contributed by atoms with van der Waals surface area (Å²) in [6.07, 6.45) is 5.42. The van der Waals surface area contributed by atoms with Gasteiger partial charge in [0.15, 0.2) is 5.76 Å². The monoisotopic (exact) mass is 364 g/mol. The van der Waals surface area contributed by atoms with E-state index in [2.05, 4.69) is 15.5 Å². The van der Waals surface area contributed by atoms with E-state index in [4.69, 9.17) is 4.52 Å². The molecule has 130 valence electrons. The molecule has 0 aliphatic heterocycles. The number of nitrogens with one attached hydrogen (secondary N) is 1. The van der Waals surface area contributed by atoms with E-state index >= 15 is 0 Å². The Labute approximate surface area is 154 Å². The summed E-state index contributed by atoms with van der Waals surface area (Å²) < 4.78 is 7.29. The van der Waals surface area contributed by atoms with Crippen LogP contribution < -0.4 is 5.32 Å². The molecule has 7 heteroatoms. The minimum atomic E-state index is -0.139. The highest BCUT2D eigenvalue weighted by molar-refractivity contribution is 7.13. The van der Waals surface area contributed by atoms with Crippen molar-refractivity contribution >= 4 is 17.2 Å². The second-order valence-corrected chi connectivity index (χ2v) is 6.72. The fraction of sp³-hybridized carbons (Fsp3) is 0.105. The minimum Gasteiger partial charge on any atom is -0.355 e. The first-order chi connectivity index (χ1) is 12.8. The Morgan fingerprint density at radius 3 is 2.85 bits per heavy atom. The highest BCUT2D eigenvalue weighted by Crippen LogP contribution is 2.25. The van der Waals surface area contributed by atoms with Gasteiger partial charge in [-0.2, -0.15) is 0 Å². The van der Waals surface area contributed by atoms with E-state index < -0.39 is 0 Å². The van der Waals surface area contributed by atoms with Crippen LogP contribution in [-0.4, -0.2) is 20.6 Å². The number of hydrogen-bond acceptors (Lipinski definition) is 5. The van der Waals surface area contributed by atoms with Gasteiger partial charge in [-0.3, -0.25) is 4.79 Å². The molecule has 0 fully saturated rings. The number of rotatable bonds is 6. The fourth-order valence-corrected chi connectivity index (χ4v) is 3.23. The van der Waals surface area contributed by atoms with Crippen LogP contribution in [0.5, 0.6) is 0 Å². The molecule has 0 radical (unpaired) electrons. The van der Waals surface area contributed by atoms with Crippen LogP contribution in [-0.2, 0) is 13.1 Å². The molecule has 0 unspecified atom stereocenters. The van der Waals surface area contributed by atoms with Crippen LogP contribution in [0.4, 0.5) is 0 Å². The third-order valence-electron chi connectivity index (χ3n) is 3.89. The molecule has 4 rings (SSSR count). The van der Waals surface area contributed by atoms with Crippen LogP contribution in [0.3, 0.4) is 0 Å². The van der Waals surface area contributed by atoms with Gasteiger partial charge in [0, 0.05) is 30.6 Å². The zero-order valence-electron chi connectivity index (χ0n) is 13.8. The molecule has 0 spiro atoms. The first-order valence-electron chi connectivity index (χ1n) is 8.10. The summed E-state index contributed by atoms with van der Waals surface area (Å²) in [7, 11) is 0. The summed E-state index contributed by atoms with van der Waals surface area (Å²) in [6.45, 7) is 1.05. The highest BCUT2D eigenvalue weighted by atomic mass is 32.1. The van der Waals surface area contributed by atoms with Crippen molar-refractivity contribution in [3.8, 4) is 10.6 Å². The van der Waals surface area contributed by atoms with Gasteiger partial charge in [0.25, 0.3) is 5.91 Å². The Morgan fingerprint density at radius 2 is 2.12 bits per heavy atom. The number of nitrogens with zero attached hydrogens (tertiary/aromatic N) is 3. The van der Waals surface area contributed by atoms with Crippen molar-refractivity contribution in [1.82, 2.24) is 20.0 Å². The summed E-state index contributed by atoms with van der Waals surface area (Å²) in [4.78, 5) is 17.3. The molecule has 0 saturated heterocycles. The molecule has 0 aliphatic rings. The van der Waals surface area contributed by atoms with Crippen LogP contribution in [0.1, 0.15) is 21.6 Å². The molecule has 1 amide bonds. The SMILES string of the molecule is O=C(NCc1cc(-c2cccs2)on1)c1ccc(Cn2ccnc2)cc1. The molecule has 0 aliphatic carbocycles. The Morgan fingerprint density at radius 1 is 1.23 bits per heavy atom. The Kier molecular flexibility index (Phi) is 4.61. The number of carbonyl (C=O) groups excluding carboxylic acids is 1. The lowest BCUT2D eigenvalue weighted by Gasteiger charge is -2.05. The zero-order valence-corrected chi connectivity index (χ0v) is 14.6. The third-order valence-corrected chi connectivity index (χ3v) is 4.78. The number of aromatic nitrogens is 3. The molecule has 3 heterocycles. The van der Waals surface area contributed by atoms with E-state index in [-0.39, 0.29) is 5.91 Å². The molecule has 4 aromatic rings. The van der Waals surface area contributed by atoms with E-state index in [1.54, 1.807) is 23.9 Å². The van der Waals surface area contributed by atoms with Gasteiger partial charge >= 0.3 is 0 Å². The number of imidazole rings is 1. The van der Waals surface area contributed by atoms with Gasteiger partial charge in [0.2, 0.25) is 0 Å². The van der Waals surface area contributed by atoms with Gasteiger partial charge in [0.05, 0.1) is 17.7 Å². The highest BCUT2D eigenvalue weighted by Gasteiger charge is 2.10. The Balaban J connectivity index is 1.34. The number of amides is 1. The van der Waals surface area contributed by atoms with Crippen LogP contribution in [0, 0.1) is 0 Å². The van der Waals surface area contributed by atoms with Crippen LogP contribution in [0.15, 0.2) is 71.1 Å². The summed E-state index contributed by atoms with van der Waals surface area (Å²) >= 11 is 1.59. The quantitative estimate of drug-likeness (QED) is 0.568. The predicted molar refractivity (Wildman–Crippen MR) is 98.8 cm³/mol. The molecule has 0 saturated carbocycles.